The smallest absolute Gasteiger partial charge is 0.317 e. The molecule has 24 heavy (non-hydrogen) atoms. The second-order valence-electron chi connectivity index (χ2n) is 5.94. The van der Waals surface area contributed by atoms with Crippen LogP contribution in [0.1, 0.15) is 12.0 Å². The van der Waals surface area contributed by atoms with E-state index in [9.17, 15) is 14.7 Å². The van der Waals surface area contributed by atoms with E-state index in [2.05, 4.69) is 0 Å². The summed E-state index contributed by atoms with van der Waals surface area (Å²) in [5.74, 6) is -1.07. The SMILES string of the molecule is O=C(O)C1CC2(c3ccccc3)C(Cl)C(=O)N2c2ccccc2S1. The van der Waals surface area contributed by atoms with Gasteiger partial charge >= 0.3 is 5.97 Å². The maximum atomic E-state index is 12.6. The average Bonchev–Trinajstić information content (AvgIpc) is 2.75. The molecule has 0 spiro atoms. The number of anilines is 1. The van der Waals surface area contributed by atoms with Crippen LogP contribution in [0.4, 0.5) is 5.69 Å². The van der Waals surface area contributed by atoms with Crippen molar-refractivity contribution in [2.45, 2.75) is 27.5 Å². The van der Waals surface area contributed by atoms with E-state index in [4.69, 9.17) is 11.6 Å². The van der Waals surface area contributed by atoms with Crippen LogP contribution in [0.15, 0.2) is 59.5 Å². The predicted octanol–water partition coefficient (Wildman–Crippen LogP) is 3.49. The number of carboxylic acids is 1. The fourth-order valence-corrected chi connectivity index (χ4v) is 5.16. The van der Waals surface area contributed by atoms with Crippen molar-refractivity contribution in [1.82, 2.24) is 0 Å². The predicted molar refractivity (Wildman–Crippen MR) is 93.6 cm³/mol. The van der Waals surface area contributed by atoms with Gasteiger partial charge in [-0.1, -0.05) is 42.5 Å². The summed E-state index contributed by atoms with van der Waals surface area (Å²) in [6.45, 7) is 0. The number of fused-ring (bicyclic) bond motifs is 3. The van der Waals surface area contributed by atoms with Crippen molar-refractivity contribution >= 4 is 40.9 Å². The number of para-hydroxylation sites is 1. The molecule has 1 N–H and O–H groups in total. The second-order valence-corrected chi connectivity index (χ2v) is 7.62. The molecule has 4 rings (SSSR count). The third kappa shape index (κ3) is 2.01. The molecule has 2 aromatic rings. The van der Waals surface area contributed by atoms with Crippen LogP contribution in [0.3, 0.4) is 0 Å². The van der Waals surface area contributed by atoms with Gasteiger partial charge in [-0.2, -0.15) is 0 Å². The Kier molecular flexibility index (Phi) is 3.58. The van der Waals surface area contributed by atoms with Crippen LogP contribution in [0.5, 0.6) is 0 Å². The Labute approximate surface area is 148 Å². The van der Waals surface area contributed by atoms with Crippen molar-refractivity contribution in [3.05, 3.63) is 60.2 Å². The first-order valence-electron chi connectivity index (χ1n) is 7.58. The van der Waals surface area contributed by atoms with Gasteiger partial charge in [0.2, 0.25) is 5.91 Å². The third-order valence-corrected chi connectivity index (χ3v) is 6.48. The van der Waals surface area contributed by atoms with E-state index in [0.29, 0.717) is 0 Å². The molecule has 1 fully saturated rings. The highest BCUT2D eigenvalue weighted by atomic mass is 35.5. The molecular weight excluding hydrogens is 346 g/mol. The van der Waals surface area contributed by atoms with Crippen LogP contribution >= 0.6 is 23.4 Å². The van der Waals surface area contributed by atoms with Gasteiger partial charge in [-0.15, -0.1) is 23.4 Å². The lowest BCUT2D eigenvalue weighted by molar-refractivity contribution is -0.138. The topological polar surface area (TPSA) is 57.6 Å². The number of benzene rings is 2. The Balaban J connectivity index is 1.95. The van der Waals surface area contributed by atoms with Crippen molar-refractivity contribution < 1.29 is 14.7 Å². The minimum atomic E-state index is -0.893. The highest BCUT2D eigenvalue weighted by molar-refractivity contribution is 8.00. The zero-order valence-electron chi connectivity index (χ0n) is 12.6. The van der Waals surface area contributed by atoms with Crippen LogP contribution in [0.25, 0.3) is 0 Å². The summed E-state index contributed by atoms with van der Waals surface area (Å²) in [5.41, 5.74) is 0.771. The number of thioether (sulfide) groups is 1. The quantitative estimate of drug-likeness (QED) is 0.658. The van der Waals surface area contributed by atoms with Gasteiger partial charge in [-0.3, -0.25) is 14.5 Å². The lowest BCUT2D eigenvalue weighted by Gasteiger charge is -2.55. The maximum Gasteiger partial charge on any atom is 0.317 e. The summed E-state index contributed by atoms with van der Waals surface area (Å²) in [4.78, 5) is 26.9. The summed E-state index contributed by atoms with van der Waals surface area (Å²) in [7, 11) is 0. The number of halogens is 1. The Bertz CT molecular complexity index is 828. The van der Waals surface area contributed by atoms with Crippen LogP contribution in [-0.4, -0.2) is 27.6 Å². The van der Waals surface area contributed by atoms with Gasteiger partial charge in [0.05, 0.1) is 11.2 Å². The molecule has 1 saturated heterocycles. The zero-order chi connectivity index (χ0) is 16.9. The van der Waals surface area contributed by atoms with Gasteiger partial charge in [-0.25, -0.2) is 0 Å². The number of alkyl halides is 1. The van der Waals surface area contributed by atoms with Gasteiger partial charge in [0.25, 0.3) is 0 Å². The van der Waals surface area contributed by atoms with Crippen molar-refractivity contribution in [2.75, 3.05) is 4.90 Å². The summed E-state index contributed by atoms with van der Waals surface area (Å²) in [5, 5.41) is 8.22. The molecule has 2 aliphatic heterocycles. The number of rotatable bonds is 2. The van der Waals surface area contributed by atoms with Gasteiger partial charge in [-0.05, 0) is 17.7 Å². The summed E-state index contributed by atoms with van der Waals surface area (Å²) >= 11 is 7.76. The van der Waals surface area contributed by atoms with Crippen LogP contribution < -0.4 is 4.90 Å². The lowest BCUT2D eigenvalue weighted by atomic mass is 9.73. The van der Waals surface area contributed by atoms with Crippen molar-refractivity contribution in [1.29, 1.82) is 0 Å². The van der Waals surface area contributed by atoms with Crippen LogP contribution in [-0.2, 0) is 15.1 Å². The Morgan fingerprint density at radius 2 is 1.83 bits per heavy atom. The van der Waals surface area contributed by atoms with Gasteiger partial charge < -0.3 is 5.11 Å². The standard InChI is InChI=1S/C18H14ClNO3S/c19-15-16(21)20-12-8-4-5-9-13(12)24-14(17(22)23)10-18(15,20)11-6-2-1-3-7-11/h1-9,14-15H,10H2,(H,22,23). The van der Waals surface area contributed by atoms with E-state index in [1.165, 1.54) is 11.8 Å². The molecule has 1 amide bonds. The molecular formula is C18H14ClNO3S. The van der Waals surface area contributed by atoms with Gasteiger partial charge in [0, 0.05) is 11.3 Å². The van der Waals surface area contributed by atoms with Crippen molar-refractivity contribution in [3.63, 3.8) is 0 Å². The highest BCUT2D eigenvalue weighted by Gasteiger charge is 2.63. The Hall–Kier alpha value is -1.98. The number of hydrogen-bond acceptors (Lipinski definition) is 3. The van der Waals surface area contributed by atoms with E-state index in [-0.39, 0.29) is 12.3 Å². The normalized spacial score (nSPS) is 28.4. The summed E-state index contributed by atoms with van der Waals surface area (Å²) < 4.78 is 0. The number of aliphatic carboxylic acids is 1. The fraction of sp³-hybridized carbons (Fsp3) is 0.222. The van der Waals surface area contributed by atoms with E-state index < -0.39 is 22.1 Å². The summed E-state index contributed by atoms with van der Waals surface area (Å²) in [6.07, 6.45) is 0.269. The van der Waals surface area contributed by atoms with E-state index >= 15 is 0 Å². The molecule has 0 aliphatic carbocycles. The van der Waals surface area contributed by atoms with Gasteiger partial charge in [0.1, 0.15) is 10.6 Å². The molecule has 3 unspecified atom stereocenters. The molecule has 0 aromatic heterocycles. The van der Waals surface area contributed by atoms with Gasteiger partial charge in [0.15, 0.2) is 0 Å². The number of β-lactam (4-membered cyclic amide) rings is 1. The minimum Gasteiger partial charge on any atom is -0.480 e. The van der Waals surface area contributed by atoms with E-state index in [1.807, 2.05) is 54.6 Å². The molecule has 0 bridgehead atoms. The van der Waals surface area contributed by atoms with E-state index in [1.54, 1.807) is 4.90 Å². The number of carbonyl (C=O) groups is 2. The molecule has 2 aliphatic rings. The highest BCUT2D eigenvalue weighted by Crippen LogP contribution is 2.56. The number of carbonyl (C=O) groups excluding carboxylic acids is 1. The summed E-state index contributed by atoms with van der Waals surface area (Å²) in [6, 6.07) is 16.9. The van der Waals surface area contributed by atoms with Crippen molar-refractivity contribution in [3.8, 4) is 0 Å². The first-order chi connectivity index (χ1) is 11.6. The van der Waals surface area contributed by atoms with E-state index in [0.717, 1.165) is 16.1 Å². The minimum absolute atomic E-state index is 0.181. The molecule has 0 radical (unpaired) electrons. The number of amides is 1. The molecule has 3 atom stereocenters. The van der Waals surface area contributed by atoms with Crippen LogP contribution in [0.2, 0.25) is 0 Å². The second kappa shape index (κ2) is 5.53. The number of hydrogen-bond donors (Lipinski definition) is 1. The molecule has 0 saturated carbocycles. The fourth-order valence-electron chi connectivity index (χ4n) is 3.57. The monoisotopic (exact) mass is 359 g/mol. The Morgan fingerprint density at radius 3 is 2.54 bits per heavy atom. The zero-order valence-corrected chi connectivity index (χ0v) is 14.1. The lowest BCUT2D eigenvalue weighted by Crippen LogP contribution is -2.71. The molecule has 4 nitrogen and oxygen atoms in total. The van der Waals surface area contributed by atoms with Crippen LogP contribution in [0, 0.1) is 0 Å². The number of nitrogens with zero attached hydrogens (tertiary/aromatic N) is 1. The largest absolute Gasteiger partial charge is 0.480 e. The third-order valence-electron chi connectivity index (χ3n) is 4.68. The molecule has 6 heteroatoms. The number of carboxylic acid groups (broad SMARTS) is 1. The molecule has 2 aromatic carbocycles. The average molecular weight is 360 g/mol. The molecule has 2 heterocycles. The van der Waals surface area contributed by atoms with Crippen molar-refractivity contribution in [2.24, 2.45) is 0 Å². The Morgan fingerprint density at radius 1 is 1.17 bits per heavy atom. The first-order valence-corrected chi connectivity index (χ1v) is 8.89. The maximum absolute atomic E-state index is 12.6. The molecule has 122 valence electrons. The first kappa shape index (κ1) is 15.5.